The SMILES string of the molecule is Cc1ccc(Br)cc1C1NC(C(=O)O)CS1.O=C(O)C1CSC(c2cc(Br)ccc2O)N1.O=C(O)C1CSC(c2ccc(C3NC(C(=O)O)CS3)cc2)C1.O=C(O)C1CSC(c2cccc(Br)c2)N1.O=C(O)C1CSC(c2ccccc2)N1.O=C(O)C1CSC(c2ccccc2O)N1. The summed E-state index contributed by atoms with van der Waals surface area (Å²) in [6.45, 7) is 2.04. The Hall–Kier alpha value is -5.14. The molecule has 0 aliphatic carbocycles. The Kier molecular flexibility index (Phi) is 30.6. The van der Waals surface area contributed by atoms with Gasteiger partial charge in [0, 0.05) is 70.1 Å². The van der Waals surface area contributed by atoms with Crippen LogP contribution >= 0.6 is 130 Å². The molecule has 0 amide bonds. The molecule has 0 aromatic heterocycles. The highest BCUT2D eigenvalue weighted by atomic mass is 79.9. The number of phenolic OH excluding ortho intramolecular Hbond substituents is 2. The molecule has 22 nitrogen and oxygen atoms in total. The summed E-state index contributed by atoms with van der Waals surface area (Å²) < 4.78 is 2.90. The van der Waals surface area contributed by atoms with Gasteiger partial charge in [-0.25, -0.2) is 0 Å². The maximum Gasteiger partial charge on any atom is 0.321 e. The fourth-order valence-corrected chi connectivity index (χ4v) is 20.5. The van der Waals surface area contributed by atoms with E-state index in [0.29, 0.717) is 52.3 Å². The minimum atomic E-state index is -0.857. The molecule has 15 N–H and O–H groups in total. The molecule has 32 heteroatoms. The summed E-state index contributed by atoms with van der Waals surface area (Å²) in [5.74, 6) is -1.28. The first-order chi connectivity index (χ1) is 46.8. The van der Waals surface area contributed by atoms with Crippen LogP contribution in [0.2, 0.25) is 0 Å². The second-order valence-electron chi connectivity index (χ2n) is 22.6. The maximum absolute atomic E-state index is 11.0. The Labute approximate surface area is 620 Å². The van der Waals surface area contributed by atoms with Crippen LogP contribution in [0, 0.1) is 12.8 Å². The van der Waals surface area contributed by atoms with Gasteiger partial charge in [0.1, 0.15) is 47.8 Å². The Balaban J connectivity index is 0.000000151. The van der Waals surface area contributed by atoms with E-state index in [0.717, 1.165) is 46.8 Å². The molecule has 7 saturated heterocycles. The number of hydrogen-bond donors (Lipinski definition) is 15. The number of aryl methyl sites for hydroxylation is 1. The van der Waals surface area contributed by atoms with Crippen LogP contribution in [0.3, 0.4) is 0 Å². The molecule has 0 bridgehead atoms. The van der Waals surface area contributed by atoms with Gasteiger partial charge in [-0.1, -0.05) is 139 Å². The highest BCUT2D eigenvalue weighted by molar-refractivity contribution is 9.11. The summed E-state index contributed by atoms with van der Waals surface area (Å²) in [6.07, 6.45) is 0.677. The first-order valence-electron chi connectivity index (χ1n) is 30.2. The second-order valence-corrected chi connectivity index (χ2v) is 33.4. The zero-order valence-corrected chi connectivity index (χ0v) is 62.4. The summed E-state index contributed by atoms with van der Waals surface area (Å²) in [5, 5.41) is 100. The predicted molar refractivity (Wildman–Crippen MR) is 399 cm³/mol. The van der Waals surface area contributed by atoms with E-state index in [4.69, 9.17) is 35.7 Å². The van der Waals surface area contributed by atoms with Crippen molar-refractivity contribution in [1.82, 2.24) is 31.9 Å². The number of benzene rings is 6. The number of para-hydroxylation sites is 1. The van der Waals surface area contributed by atoms with Crippen molar-refractivity contribution >= 4 is 172 Å². The molecule has 0 radical (unpaired) electrons. The van der Waals surface area contributed by atoms with Crippen LogP contribution in [-0.4, -0.2) is 164 Å². The van der Waals surface area contributed by atoms with Crippen molar-refractivity contribution in [2.45, 2.75) is 87.1 Å². The highest BCUT2D eigenvalue weighted by Crippen LogP contribution is 2.45. The van der Waals surface area contributed by atoms with Crippen LogP contribution in [0.15, 0.2) is 153 Å². The van der Waals surface area contributed by atoms with Gasteiger partial charge in [-0.05, 0) is 95.3 Å². The van der Waals surface area contributed by atoms with Gasteiger partial charge in [-0.3, -0.25) is 65.5 Å². The fourth-order valence-electron chi connectivity index (χ4n) is 10.4. The van der Waals surface area contributed by atoms with Crippen LogP contribution in [0.1, 0.15) is 88.4 Å². The lowest BCUT2D eigenvalue weighted by molar-refractivity contribution is -0.141. The molecular weight excluding hydrogens is 1600 g/mol. The van der Waals surface area contributed by atoms with Crippen molar-refractivity contribution < 1.29 is 79.5 Å². The minimum absolute atomic E-state index is 0.0122. The van der Waals surface area contributed by atoms with Gasteiger partial charge in [-0.2, -0.15) is 11.8 Å². The third-order valence-electron chi connectivity index (χ3n) is 15.7. The monoisotopic (exact) mass is 1660 g/mol. The average Bonchev–Trinajstić information content (AvgIpc) is 1.53. The number of nitrogens with one attached hydrogen (secondary N) is 6. The van der Waals surface area contributed by atoms with E-state index in [2.05, 4.69) is 79.7 Å². The molecule has 14 unspecified atom stereocenters. The van der Waals surface area contributed by atoms with Crippen molar-refractivity contribution in [2.24, 2.45) is 5.92 Å². The number of hydrogen-bond acceptors (Lipinski definition) is 22. The van der Waals surface area contributed by atoms with Gasteiger partial charge in [-0.15, -0.1) is 70.6 Å². The summed E-state index contributed by atoms with van der Waals surface area (Å²) in [6, 6.07) is 41.2. The number of carboxylic acid groups (broad SMARTS) is 7. The first kappa shape index (κ1) is 78.6. The van der Waals surface area contributed by atoms with E-state index < -0.39 is 78.0 Å². The summed E-state index contributed by atoms with van der Waals surface area (Å²) in [7, 11) is 0. The highest BCUT2D eigenvalue weighted by Gasteiger charge is 2.37. The summed E-state index contributed by atoms with van der Waals surface area (Å²) >= 11 is 21.3. The Morgan fingerprint density at radius 1 is 0.337 bits per heavy atom. The number of aliphatic carboxylic acids is 7. The third-order valence-corrected chi connectivity index (χ3v) is 26.2. The number of thioether (sulfide) groups is 7. The first-order valence-corrected chi connectivity index (χ1v) is 39.9. The molecule has 7 heterocycles. The van der Waals surface area contributed by atoms with Crippen LogP contribution in [0.4, 0.5) is 0 Å². The quantitative estimate of drug-likeness (QED) is 0.0482. The molecule has 0 spiro atoms. The largest absolute Gasteiger partial charge is 0.508 e. The Morgan fingerprint density at radius 3 is 1.13 bits per heavy atom. The molecule has 7 aliphatic heterocycles. The summed E-state index contributed by atoms with van der Waals surface area (Å²) in [4.78, 5) is 75.8. The van der Waals surface area contributed by atoms with Gasteiger partial charge in [0.05, 0.1) is 38.2 Å². The number of halogens is 3. The molecule has 7 aliphatic rings. The molecule has 0 saturated carbocycles. The van der Waals surface area contributed by atoms with Gasteiger partial charge in [0.25, 0.3) is 0 Å². The van der Waals surface area contributed by atoms with Crippen molar-refractivity contribution in [1.29, 1.82) is 0 Å². The van der Waals surface area contributed by atoms with Crippen LogP contribution < -0.4 is 31.9 Å². The predicted octanol–water partition coefficient (Wildman–Crippen LogP) is 11.7. The van der Waals surface area contributed by atoms with Gasteiger partial charge in [0.2, 0.25) is 0 Å². The summed E-state index contributed by atoms with van der Waals surface area (Å²) in [5.41, 5.74) is 8.25. The van der Waals surface area contributed by atoms with E-state index in [-0.39, 0.29) is 54.9 Å². The smallest absolute Gasteiger partial charge is 0.321 e. The molecule has 98 heavy (non-hydrogen) atoms. The van der Waals surface area contributed by atoms with Crippen molar-refractivity contribution in [3.05, 3.63) is 197 Å². The van der Waals surface area contributed by atoms with Gasteiger partial charge >= 0.3 is 41.8 Å². The molecule has 6 aromatic carbocycles. The lowest BCUT2D eigenvalue weighted by Crippen LogP contribution is -2.33. The van der Waals surface area contributed by atoms with Crippen LogP contribution in [0.25, 0.3) is 0 Å². The lowest BCUT2D eigenvalue weighted by Gasteiger charge is -2.14. The number of aromatic hydroxyl groups is 2. The normalized spacial score (nSPS) is 26.6. The standard InChI is InChI=1S/C15H17NO4S2.C11H12BrNO2S.C10H10BrNO3S.C10H10BrNO2S.C10H11NO3S.C10H11NO2S/c17-14(18)10-5-12(21-6-10)8-1-3-9(4-2-8)13-16-11(7-22-13)15(19)20;1-6-2-3-7(12)4-8(6)10-13-9(5-16-10)11(14)15;11-5-1-2-8(13)6(3-5)9-12-7(4-16-9)10(14)15;11-7-3-1-2-6(4-7)9-12-8(5-15-9)10(13)14;12-8-4-2-1-3-6(8)9-11-7(5-15-9)10(13)14;12-10(13)8-6-14-9(11-8)7-4-2-1-3-5-7/h1-4,10-13,16H,5-7H2,(H,17,18)(H,19,20);2-4,9-10,13H,5H2,1H3,(H,14,15);1-3,7,9,12-13H,4H2,(H,14,15);1-4,8-9,12H,5H2,(H,13,14);1-4,7,9,11-12H,5H2,(H,13,14);1-5,8-9,11H,6H2,(H,12,13). The third kappa shape index (κ3) is 22.9. The molecule has 7 fully saturated rings. The van der Waals surface area contributed by atoms with Crippen LogP contribution in [0.5, 0.6) is 11.5 Å². The van der Waals surface area contributed by atoms with Gasteiger partial charge < -0.3 is 46.0 Å². The van der Waals surface area contributed by atoms with Crippen molar-refractivity contribution in [2.75, 3.05) is 40.3 Å². The van der Waals surface area contributed by atoms with Crippen molar-refractivity contribution in [3.8, 4) is 11.5 Å². The van der Waals surface area contributed by atoms with E-state index in [1.54, 1.807) is 95.2 Å². The van der Waals surface area contributed by atoms with Crippen LogP contribution in [-0.2, 0) is 33.6 Å². The zero-order valence-electron chi connectivity index (χ0n) is 51.9. The van der Waals surface area contributed by atoms with Gasteiger partial charge in [0.15, 0.2) is 0 Å². The fraction of sp³-hybridized carbons (Fsp3) is 0.348. The van der Waals surface area contributed by atoms with E-state index in [1.807, 2.05) is 110 Å². The second kappa shape index (κ2) is 38.2. The molecule has 13 rings (SSSR count). The Bertz CT molecular complexity index is 3620. The number of carboxylic acids is 7. The Morgan fingerprint density at radius 2 is 0.694 bits per heavy atom. The minimum Gasteiger partial charge on any atom is -0.508 e. The lowest BCUT2D eigenvalue weighted by atomic mass is 10.0. The number of phenols is 2. The number of carbonyl (C=O) groups is 7. The maximum atomic E-state index is 11.0. The average molecular weight is 1670 g/mol. The molecule has 524 valence electrons. The topological polar surface area (TPSA) is 374 Å². The van der Waals surface area contributed by atoms with E-state index in [1.165, 1.54) is 29.1 Å². The molecular formula is C66H71Br3N6O16S7. The van der Waals surface area contributed by atoms with E-state index in [9.17, 15) is 43.8 Å². The van der Waals surface area contributed by atoms with Crippen molar-refractivity contribution in [3.63, 3.8) is 0 Å². The van der Waals surface area contributed by atoms with E-state index >= 15 is 0 Å². The number of rotatable bonds is 14. The molecule has 6 aromatic rings. The zero-order chi connectivity index (χ0) is 70.7. The molecule has 14 atom stereocenters.